The van der Waals surface area contributed by atoms with E-state index in [1.54, 1.807) is 18.9 Å². The Morgan fingerprint density at radius 3 is 2.51 bits per heavy atom. The van der Waals surface area contributed by atoms with Gasteiger partial charge < -0.3 is 34.1 Å². The van der Waals surface area contributed by atoms with Crippen molar-refractivity contribution in [1.82, 2.24) is 14.7 Å². The first kappa shape index (κ1) is 44.5. The Balaban J connectivity index is 1.28. The number of likely N-dealkylation sites (N-methyl/N-ethyl adjacent to an activating group) is 1. The standard InChI is InChI=1S/C49H63BN3O9S/c1-8-30-21-31-25-48(44(56)60-6,40-34(28-52(26-30)27-31)33-22-32(13-14-37(33)50-40)63-20-11-10-19-54)36-23-35-38(24-39(36)59-5)51(4)42-47(35)16-18-53-17-12-15-46(9-2,41(47)53)43(62-29(3)55)49(42,58)45(57)61-7/h12-15,21-24,31,36,39,41-43,54,58H,8-11,16-20,25-28H2,1-7H3/t31-,36?,39?,41+,42-,43-,46-,47-,48+,49+/m1/s1. The maximum atomic E-state index is 15.5. The van der Waals surface area contributed by atoms with E-state index in [2.05, 4.69) is 72.6 Å². The van der Waals surface area contributed by atoms with E-state index in [1.165, 1.54) is 26.7 Å². The lowest BCUT2D eigenvalue weighted by Gasteiger charge is -2.63. The summed E-state index contributed by atoms with van der Waals surface area (Å²) in [7, 11) is 8.60. The zero-order valence-electron chi connectivity index (χ0n) is 37.9. The molecule has 11 atom stereocenters. The van der Waals surface area contributed by atoms with Crippen LogP contribution in [0.1, 0.15) is 64.9 Å². The summed E-state index contributed by atoms with van der Waals surface area (Å²) in [5, 5.41) is 22.8. The van der Waals surface area contributed by atoms with Crippen LogP contribution in [0.3, 0.4) is 0 Å². The third-order valence-corrected chi connectivity index (χ3v) is 17.3. The quantitative estimate of drug-likeness (QED) is 0.0780. The highest BCUT2D eigenvalue weighted by Gasteiger charge is 2.81. The van der Waals surface area contributed by atoms with E-state index in [0.29, 0.717) is 38.9 Å². The number of esters is 3. The molecule has 1 aromatic rings. The number of unbranched alkanes of at least 4 members (excludes halogenated alkanes) is 1. The number of hydrogen-bond acceptors (Lipinski definition) is 13. The van der Waals surface area contributed by atoms with Crippen molar-refractivity contribution in [1.29, 1.82) is 0 Å². The number of rotatable bonds is 12. The molecule has 14 heteroatoms. The van der Waals surface area contributed by atoms with E-state index in [-0.39, 0.29) is 24.5 Å². The number of carbonyl (C=O) groups is 3. The third-order valence-electron chi connectivity index (χ3n) is 16.2. The second kappa shape index (κ2) is 16.7. The van der Waals surface area contributed by atoms with E-state index in [0.717, 1.165) is 76.3 Å². The first-order valence-electron chi connectivity index (χ1n) is 22.9. The van der Waals surface area contributed by atoms with Crippen LogP contribution in [0.2, 0.25) is 0 Å². The summed E-state index contributed by atoms with van der Waals surface area (Å²) < 4.78 is 24.3. The minimum atomic E-state index is -2.27. The van der Waals surface area contributed by atoms with Gasteiger partial charge in [0.1, 0.15) is 0 Å². The fraction of sp³-hybridized carbons (Fsp3) is 0.612. The van der Waals surface area contributed by atoms with Gasteiger partial charge in [-0.2, -0.15) is 0 Å². The molecule has 337 valence electrons. The molecule has 63 heavy (non-hydrogen) atoms. The molecule has 1 saturated carbocycles. The van der Waals surface area contributed by atoms with Gasteiger partial charge in [0.25, 0.3) is 0 Å². The second-order valence-electron chi connectivity index (χ2n) is 19.1. The molecular weight excluding hydrogens is 817 g/mol. The molecule has 2 saturated heterocycles. The first-order valence-corrected chi connectivity index (χ1v) is 23.9. The molecule has 6 heterocycles. The lowest BCUT2D eigenvalue weighted by molar-refractivity contribution is -0.243. The summed E-state index contributed by atoms with van der Waals surface area (Å²) in [6, 6.07) is 5.48. The van der Waals surface area contributed by atoms with Gasteiger partial charge in [-0.3, -0.25) is 19.4 Å². The number of carbonyl (C=O) groups excluding carboxylic acids is 3. The van der Waals surface area contributed by atoms with Crippen molar-refractivity contribution in [3.05, 3.63) is 76.5 Å². The molecule has 0 aromatic heterocycles. The number of ether oxygens (including phenoxy) is 4. The van der Waals surface area contributed by atoms with Gasteiger partial charge in [0.2, 0.25) is 5.60 Å². The molecule has 2 bridgehead atoms. The number of benzene rings is 1. The van der Waals surface area contributed by atoms with Gasteiger partial charge in [0.15, 0.2) is 13.4 Å². The second-order valence-corrected chi connectivity index (χ2v) is 20.2. The molecule has 8 aliphatic rings. The van der Waals surface area contributed by atoms with Crippen molar-refractivity contribution in [2.75, 3.05) is 73.5 Å². The minimum Gasteiger partial charge on any atom is -0.468 e. The fourth-order valence-electron chi connectivity index (χ4n) is 13.9. The SMILES string of the molecule is CCC1=C[C@H]2CN(C1)CC1=C([B]c3ccc(SCCCCO)cc31)[C@@](C(=O)OC)(C1C=C3C(=CC1OC)N(C)[C@H]1[C@@](O)(C(=O)OC)[C@H](OC(C)=O)[C@]4(CC)C=CCN5CC[C@]31[C@@H]54)C2. The van der Waals surface area contributed by atoms with Crippen LogP contribution in [-0.2, 0) is 33.3 Å². The van der Waals surface area contributed by atoms with E-state index in [4.69, 9.17) is 18.9 Å². The van der Waals surface area contributed by atoms with Crippen molar-refractivity contribution in [2.45, 2.75) is 94.1 Å². The van der Waals surface area contributed by atoms with Crippen LogP contribution in [-0.4, -0.2) is 153 Å². The zero-order chi connectivity index (χ0) is 44.6. The summed E-state index contributed by atoms with van der Waals surface area (Å²) in [6.07, 6.45) is 13.3. The van der Waals surface area contributed by atoms with Crippen molar-refractivity contribution < 1.29 is 43.5 Å². The van der Waals surface area contributed by atoms with Crippen LogP contribution >= 0.6 is 11.8 Å². The fourth-order valence-corrected chi connectivity index (χ4v) is 14.9. The number of fused-ring (bicyclic) bond motifs is 5. The molecular formula is C49H63BN3O9S. The van der Waals surface area contributed by atoms with Crippen LogP contribution < -0.4 is 5.46 Å². The molecule has 3 unspecified atom stereocenters. The van der Waals surface area contributed by atoms with Gasteiger partial charge >= 0.3 is 17.9 Å². The van der Waals surface area contributed by atoms with Crippen LogP contribution in [0.25, 0.3) is 5.57 Å². The molecule has 1 spiro atoms. The molecule has 6 aliphatic heterocycles. The Bertz CT molecular complexity index is 2220. The number of methoxy groups -OCH3 is 3. The van der Waals surface area contributed by atoms with Gasteiger partial charge in [0.05, 0.1) is 31.8 Å². The highest BCUT2D eigenvalue weighted by molar-refractivity contribution is 7.99. The monoisotopic (exact) mass is 880 g/mol. The molecule has 1 aromatic carbocycles. The van der Waals surface area contributed by atoms with Gasteiger partial charge in [0, 0.05) is 87.2 Å². The highest BCUT2D eigenvalue weighted by atomic mass is 32.2. The maximum Gasteiger partial charge on any atom is 0.344 e. The Hall–Kier alpha value is -3.66. The lowest BCUT2D eigenvalue weighted by atomic mass is 9.46. The van der Waals surface area contributed by atoms with E-state index in [1.807, 2.05) is 18.9 Å². The van der Waals surface area contributed by atoms with E-state index < -0.39 is 58.0 Å². The number of aliphatic hydroxyl groups is 2. The predicted molar refractivity (Wildman–Crippen MR) is 242 cm³/mol. The van der Waals surface area contributed by atoms with Crippen molar-refractivity contribution >= 4 is 48.0 Å². The normalized spacial score (nSPS) is 37.2. The summed E-state index contributed by atoms with van der Waals surface area (Å²) in [4.78, 5) is 51.1. The Morgan fingerprint density at radius 2 is 1.81 bits per heavy atom. The molecule has 12 nitrogen and oxygen atoms in total. The lowest BCUT2D eigenvalue weighted by Crippen LogP contribution is -2.79. The molecule has 2 N–H and O–H groups in total. The van der Waals surface area contributed by atoms with Crippen LogP contribution in [0.5, 0.6) is 0 Å². The summed E-state index contributed by atoms with van der Waals surface area (Å²) in [5.74, 6) is -1.34. The number of aliphatic hydroxyl groups excluding tert-OH is 1. The molecule has 1 radical (unpaired) electrons. The van der Waals surface area contributed by atoms with Crippen LogP contribution in [0.4, 0.5) is 0 Å². The summed E-state index contributed by atoms with van der Waals surface area (Å²) in [5.41, 5.74) is 2.16. The summed E-state index contributed by atoms with van der Waals surface area (Å²) in [6.45, 7) is 9.46. The summed E-state index contributed by atoms with van der Waals surface area (Å²) >= 11 is 1.79. The minimum absolute atomic E-state index is 0.0526. The number of hydrogen-bond donors (Lipinski definition) is 2. The highest BCUT2D eigenvalue weighted by Crippen LogP contribution is 2.70. The van der Waals surface area contributed by atoms with E-state index >= 15 is 4.79 Å². The predicted octanol–water partition coefficient (Wildman–Crippen LogP) is 4.08. The first-order chi connectivity index (χ1) is 30.3. The van der Waals surface area contributed by atoms with Gasteiger partial charge in [-0.05, 0) is 91.7 Å². The number of nitrogens with zero attached hydrogens (tertiary/aromatic N) is 3. The average molecular weight is 881 g/mol. The zero-order valence-corrected chi connectivity index (χ0v) is 38.7. The Morgan fingerprint density at radius 1 is 1.02 bits per heavy atom. The van der Waals surface area contributed by atoms with Crippen LogP contribution in [0, 0.1) is 28.1 Å². The Kier molecular flexibility index (Phi) is 11.8. The average Bonchev–Trinajstić information content (AvgIpc) is 3.93. The topological polar surface area (TPSA) is 138 Å². The number of likely N-dealkylation sites (tertiary alicyclic amines) is 1. The number of thioether (sulfide) groups is 1. The van der Waals surface area contributed by atoms with Gasteiger partial charge in [-0.1, -0.05) is 60.7 Å². The maximum absolute atomic E-state index is 15.5. The van der Waals surface area contributed by atoms with Crippen molar-refractivity contribution in [3.63, 3.8) is 0 Å². The molecule has 3 fully saturated rings. The number of allylic oxidation sites excluding steroid dienone is 1. The third kappa shape index (κ3) is 6.38. The van der Waals surface area contributed by atoms with Crippen LogP contribution in [0.15, 0.2) is 75.8 Å². The van der Waals surface area contributed by atoms with Crippen molar-refractivity contribution in [2.24, 2.45) is 28.1 Å². The smallest absolute Gasteiger partial charge is 0.344 e. The largest absolute Gasteiger partial charge is 0.468 e. The Labute approximate surface area is 377 Å². The molecule has 2 aliphatic carbocycles. The molecule has 9 rings (SSSR count). The molecule has 0 amide bonds. The van der Waals surface area contributed by atoms with E-state index in [9.17, 15) is 19.8 Å². The van der Waals surface area contributed by atoms with Gasteiger partial charge in [-0.15, -0.1) is 11.8 Å². The van der Waals surface area contributed by atoms with Crippen molar-refractivity contribution in [3.8, 4) is 0 Å². The van der Waals surface area contributed by atoms with Gasteiger partial charge in [-0.25, -0.2) is 4.79 Å².